The number of amides is 1. The third kappa shape index (κ3) is 5.32. The van der Waals surface area contributed by atoms with Gasteiger partial charge in [0.1, 0.15) is 11.8 Å². The van der Waals surface area contributed by atoms with E-state index in [1.54, 1.807) is 31.0 Å². The molecule has 0 aliphatic rings. The van der Waals surface area contributed by atoms with Crippen molar-refractivity contribution in [2.24, 2.45) is 0 Å². The van der Waals surface area contributed by atoms with Crippen LogP contribution in [0.3, 0.4) is 0 Å². The van der Waals surface area contributed by atoms with Crippen LogP contribution in [0.2, 0.25) is 5.15 Å². The molecule has 2 aromatic rings. The number of pyridine rings is 2. The van der Waals surface area contributed by atoms with Gasteiger partial charge in [-0.1, -0.05) is 11.6 Å². The van der Waals surface area contributed by atoms with Gasteiger partial charge in [-0.2, -0.15) is 13.2 Å². The number of carbonyl (C=O) groups excluding carboxylic acids is 1. The van der Waals surface area contributed by atoms with Gasteiger partial charge in [-0.15, -0.1) is 0 Å². The van der Waals surface area contributed by atoms with Gasteiger partial charge in [-0.05, 0) is 38.5 Å². The van der Waals surface area contributed by atoms with Crippen LogP contribution in [0.1, 0.15) is 35.3 Å². The number of aromatic nitrogens is 2. The lowest BCUT2D eigenvalue weighted by Crippen LogP contribution is -2.42. The van der Waals surface area contributed by atoms with Crippen molar-refractivity contribution in [2.45, 2.75) is 33.0 Å². The minimum atomic E-state index is -4.45. The zero-order valence-corrected chi connectivity index (χ0v) is 15.8. The largest absolute Gasteiger partial charge is 0.475 e. The second kappa shape index (κ2) is 8.56. The molecule has 9 heteroatoms. The normalized spacial score (nSPS) is 12.6. The van der Waals surface area contributed by atoms with Crippen molar-refractivity contribution in [2.75, 3.05) is 13.2 Å². The van der Waals surface area contributed by atoms with Crippen molar-refractivity contribution in [3.05, 3.63) is 52.4 Å². The van der Waals surface area contributed by atoms with E-state index in [9.17, 15) is 18.0 Å². The third-order valence-corrected chi connectivity index (χ3v) is 4.18. The molecule has 0 spiro atoms. The minimum Gasteiger partial charge on any atom is -0.475 e. The van der Waals surface area contributed by atoms with Gasteiger partial charge in [0.2, 0.25) is 5.88 Å². The highest BCUT2D eigenvalue weighted by Gasteiger charge is 2.30. The molecular weight excluding hydrogens is 383 g/mol. The number of carbonyl (C=O) groups is 1. The Bertz CT molecular complexity index is 797. The highest BCUT2D eigenvalue weighted by Crippen LogP contribution is 2.29. The van der Waals surface area contributed by atoms with Crippen molar-refractivity contribution in [1.29, 1.82) is 0 Å². The van der Waals surface area contributed by atoms with Crippen molar-refractivity contribution in [3.8, 4) is 5.88 Å². The summed E-state index contributed by atoms with van der Waals surface area (Å²) in [6, 6.07) is 3.34. The molecule has 2 heterocycles. The predicted octanol–water partition coefficient (Wildman–Crippen LogP) is 4.39. The van der Waals surface area contributed by atoms with Crippen LogP contribution in [0.25, 0.3) is 0 Å². The van der Waals surface area contributed by atoms with Crippen LogP contribution in [0.15, 0.2) is 30.6 Å². The van der Waals surface area contributed by atoms with Crippen molar-refractivity contribution in [1.82, 2.24) is 14.9 Å². The average molecular weight is 402 g/mol. The zero-order valence-electron chi connectivity index (χ0n) is 15.0. The van der Waals surface area contributed by atoms with Gasteiger partial charge in [0.05, 0.1) is 17.2 Å². The molecule has 0 aromatic carbocycles. The lowest BCUT2D eigenvalue weighted by atomic mass is 10.1. The molecule has 1 amide bonds. The number of nitrogens with zero attached hydrogens (tertiary/aromatic N) is 3. The number of aryl methyl sites for hydroxylation is 1. The van der Waals surface area contributed by atoms with Crippen LogP contribution in [-0.4, -0.2) is 40.0 Å². The Balaban J connectivity index is 2.05. The average Bonchev–Trinajstić information content (AvgIpc) is 2.62. The van der Waals surface area contributed by atoms with Gasteiger partial charge in [0.25, 0.3) is 5.91 Å². The highest BCUT2D eigenvalue weighted by atomic mass is 35.5. The quantitative estimate of drug-likeness (QED) is 0.674. The second-order valence-electron chi connectivity index (χ2n) is 5.99. The molecule has 0 saturated carbocycles. The molecule has 1 atom stereocenters. The number of rotatable bonds is 6. The first-order chi connectivity index (χ1) is 12.6. The van der Waals surface area contributed by atoms with Gasteiger partial charge < -0.3 is 9.64 Å². The summed E-state index contributed by atoms with van der Waals surface area (Å²) in [5.41, 5.74) is 0.240. The summed E-state index contributed by atoms with van der Waals surface area (Å²) in [5, 5.41) is 0.113. The maximum absolute atomic E-state index is 12.8. The standard InChI is InChI=1S/C18H19ClF3N3O2/c1-4-25(17(26)14-7-11(2)8-24-16(14)19)12(3)10-27-15-6-5-13(9-23-15)18(20,21)22/h5-9,12H,4,10H2,1-3H3. The smallest absolute Gasteiger partial charge is 0.417 e. The van der Waals surface area contributed by atoms with Crippen LogP contribution < -0.4 is 4.74 Å². The van der Waals surface area contributed by atoms with Crippen LogP contribution in [-0.2, 0) is 6.18 Å². The summed E-state index contributed by atoms with van der Waals surface area (Å²) in [6.45, 7) is 5.84. The molecule has 0 radical (unpaired) electrons. The summed E-state index contributed by atoms with van der Waals surface area (Å²) >= 11 is 6.03. The summed E-state index contributed by atoms with van der Waals surface area (Å²) in [7, 11) is 0. The molecule has 0 fully saturated rings. The fraction of sp³-hybridized carbons (Fsp3) is 0.389. The van der Waals surface area contributed by atoms with Crippen LogP contribution in [0, 0.1) is 6.92 Å². The maximum Gasteiger partial charge on any atom is 0.417 e. The number of alkyl halides is 3. The van der Waals surface area contributed by atoms with E-state index in [4.69, 9.17) is 16.3 Å². The topological polar surface area (TPSA) is 55.3 Å². The number of halogens is 4. The fourth-order valence-corrected chi connectivity index (χ4v) is 2.63. The summed E-state index contributed by atoms with van der Waals surface area (Å²) < 4.78 is 43.1. The second-order valence-corrected chi connectivity index (χ2v) is 6.34. The van der Waals surface area contributed by atoms with E-state index in [0.29, 0.717) is 12.7 Å². The van der Waals surface area contributed by atoms with E-state index < -0.39 is 11.7 Å². The van der Waals surface area contributed by atoms with Gasteiger partial charge in [-0.25, -0.2) is 9.97 Å². The Kier molecular flexibility index (Phi) is 6.64. The number of ether oxygens (including phenoxy) is 1. The van der Waals surface area contributed by atoms with Gasteiger partial charge >= 0.3 is 6.18 Å². The predicted molar refractivity (Wildman–Crippen MR) is 94.9 cm³/mol. The molecular formula is C18H19ClF3N3O2. The molecule has 2 aromatic heterocycles. The van der Waals surface area contributed by atoms with Gasteiger partial charge in [0.15, 0.2) is 0 Å². The van der Waals surface area contributed by atoms with Crippen molar-refractivity contribution in [3.63, 3.8) is 0 Å². The molecule has 2 rings (SSSR count). The lowest BCUT2D eigenvalue weighted by Gasteiger charge is -2.28. The minimum absolute atomic E-state index is 0.0496. The summed E-state index contributed by atoms with van der Waals surface area (Å²) in [4.78, 5) is 21.9. The molecule has 0 aliphatic heterocycles. The van der Waals surface area contributed by atoms with Crippen LogP contribution >= 0.6 is 11.6 Å². The van der Waals surface area contributed by atoms with E-state index in [2.05, 4.69) is 9.97 Å². The van der Waals surface area contributed by atoms with Gasteiger partial charge in [-0.3, -0.25) is 4.79 Å². The van der Waals surface area contributed by atoms with Crippen molar-refractivity contribution < 1.29 is 22.7 Å². The Morgan fingerprint density at radius 1 is 1.30 bits per heavy atom. The molecule has 5 nitrogen and oxygen atoms in total. The highest BCUT2D eigenvalue weighted by molar-refractivity contribution is 6.32. The molecule has 27 heavy (non-hydrogen) atoms. The zero-order chi connectivity index (χ0) is 20.2. The van der Waals surface area contributed by atoms with E-state index in [-0.39, 0.29) is 35.2 Å². The molecule has 0 bridgehead atoms. The van der Waals surface area contributed by atoms with E-state index in [1.807, 2.05) is 6.92 Å². The first-order valence-corrected chi connectivity index (χ1v) is 8.60. The number of hydrogen-bond acceptors (Lipinski definition) is 4. The lowest BCUT2D eigenvalue weighted by molar-refractivity contribution is -0.137. The SMILES string of the molecule is CCN(C(=O)c1cc(C)cnc1Cl)C(C)COc1ccc(C(F)(F)F)cn1. The molecule has 1 unspecified atom stereocenters. The summed E-state index contributed by atoms with van der Waals surface area (Å²) in [6.07, 6.45) is -2.18. The number of likely N-dealkylation sites (N-methyl/N-ethyl adjacent to an activating group) is 1. The Labute approximate surface area is 160 Å². The monoisotopic (exact) mass is 401 g/mol. The number of hydrogen-bond donors (Lipinski definition) is 0. The van der Waals surface area contributed by atoms with Crippen LogP contribution in [0.5, 0.6) is 5.88 Å². The van der Waals surface area contributed by atoms with E-state index in [1.165, 1.54) is 0 Å². The molecule has 0 aliphatic carbocycles. The third-order valence-electron chi connectivity index (χ3n) is 3.88. The van der Waals surface area contributed by atoms with E-state index >= 15 is 0 Å². The Morgan fingerprint density at radius 2 is 2.00 bits per heavy atom. The van der Waals surface area contributed by atoms with E-state index in [0.717, 1.165) is 17.7 Å². The van der Waals surface area contributed by atoms with Crippen molar-refractivity contribution >= 4 is 17.5 Å². The maximum atomic E-state index is 12.8. The van der Waals surface area contributed by atoms with Gasteiger partial charge in [0, 0.05) is 25.0 Å². The first-order valence-electron chi connectivity index (χ1n) is 8.22. The molecule has 0 N–H and O–H groups in total. The fourth-order valence-electron chi connectivity index (χ4n) is 2.44. The molecule has 146 valence electrons. The Hall–Kier alpha value is -2.35. The molecule has 0 saturated heterocycles. The summed E-state index contributed by atoms with van der Waals surface area (Å²) in [5.74, 6) is -0.246. The Morgan fingerprint density at radius 3 is 2.56 bits per heavy atom. The van der Waals surface area contributed by atoms with Crippen LogP contribution in [0.4, 0.5) is 13.2 Å². The first kappa shape index (κ1) is 21.0.